The Morgan fingerprint density at radius 1 is 1.33 bits per heavy atom. The molecule has 0 saturated carbocycles. The molecule has 0 unspecified atom stereocenters. The summed E-state index contributed by atoms with van der Waals surface area (Å²) in [4.78, 5) is 0. The summed E-state index contributed by atoms with van der Waals surface area (Å²) in [6.07, 6.45) is 0. The molecule has 2 nitrogen and oxygen atoms in total. The largest absolute Gasteiger partial charge is 0.377 e. The number of halogens is 1. The standard InChI is InChI=1S/CH4N2S.Al.ClH.3H/c2-1(3)4;;;;;/h(H4,2,3,4);;1H;;;. The highest BCUT2D eigenvalue weighted by atomic mass is 35.5. The van der Waals surface area contributed by atoms with Gasteiger partial charge in [-0.05, 0) is 12.2 Å². The minimum Gasteiger partial charge on any atom is -0.377 e. The van der Waals surface area contributed by atoms with Crippen LogP contribution in [0.15, 0.2) is 0 Å². The second kappa shape index (κ2) is 9.10. The molecule has 0 aromatic carbocycles. The summed E-state index contributed by atoms with van der Waals surface area (Å²) in [5.41, 5.74) is 9.24. The molecule has 4 N–H and O–H groups in total. The SMILES string of the molecule is Cl.NC(N)=S.[AlH3]. The summed E-state index contributed by atoms with van der Waals surface area (Å²) < 4.78 is 0. The van der Waals surface area contributed by atoms with Gasteiger partial charge in [0.15, 0.2) is 22.5 Å². The normalized spacial score (nSPS) is 4.00. The van der Waals surface area contributed by atoms with Crippen LogP contribution in [0.3, 0.4) is 0 Å². The predicted octanol–water partition coefficient (Wildman–Crippen LogP) is -1.57. The Hall–Kier alpha value is 0.512. The highest BCUT2D eigenvalue weighted by Crippen LogP contribution is 1.32. The quantitative estimate of drug-likeness (QED) is 0.317. The zero-order valence-corrected chi connectivity index (χ0v) is 4.10. The lowest BCUT2D eigenvalue weighted by molar-refractivity contribution is 1.65. The van der Waals surface area contributed by atoms with Crippen LogP contribution in [0, 0.1) is 0 Å². The molecule has 0 aromatic heterocycles. The van der Waals surface area contributed by atoms with Gasteiger partial charge in [-0.25, -0.2) is 0 Å². The third kappa shape index (κ3) is 212. The van der Waals surface area contributed by atoms with Gasteiger partial charge in [0, 0.05) is 0 Å². The Morgan fingerprint density at radius 3 is 1.33 bits per heavy atom. The van der Waals surface area contributed by atoms with E-state index in [4.69, 9.17) is 0 Å². The van der Waals surface area contributed by atoms with Crippen LogP contribution in [0.5, 0.6) is 0 Å². The molecule has 0 aliphatic rings. The van der Waals surface area contributed by atoms with E-state index in [2.05, 4.69) is 23.7 Å². The van der Waals surface area contributed by atoms with Crippen molar-refractivity contribution in [3.8, 4) is 0 Å². The molecule has 0 atom stereocenters. The Morgan fingerprint density at radius 2 is 1.33 bits per heavy atom. The summed E-state index contributed by atoms with van der Waals surface area (Å²) in [6.45, 7) is 0. The van der Waals surface area contributed by atoms with Crippen molar-refractivity contribution in [3.05, 3.63) is 0 Å². The van der Waals surface area contributed by atoms with Gasteiger partial charge in [-0.2, -0.15) is 0 Å². The van der Waals surface area contributed by atoms with Gasteiger partial charge in [0.1, 0.15) is 0 Å². The average Bonchev–Trinajstić information content (AvgIpc) is 0.811. The molecule has 0 rings (SSSR count). The number of hydrogen-bond donors (Lipinski definition) is 2. The van der Waals surface area contributed by atoms with Crippen LogP contribution in [-0.4, -0.2) is 22.5 Å². The lowest BCUT2D eigenvalue weighted by atomic mass is 11.3. The molecule has 0 fully saturated rings. The molecule has 38 valence electrons. The van der Waals surface area contributed by atoms with Gasteiger partial charge in [-0.3, -0.25) is 0 Å². The van der Waals surface area contributed by atoms with Crippen molar-refractivity contribution in [1.29, 1.82) is 0 Å². The van der Waals surface area contributed by atoms with Gasteiger partial charge in [0.2, 0.25) is 0 Å². The lowest BCUT2D eigenvalue weighted by Gasteiger charge is -1.68. The molecular weight excluding hydrogens is 135 g/mol. The number of hydrogen-bond acceptors (Lipinski definition) is 1. The first-order valence-corrected chi connectivity index (χ1v) is 1.19. The van der Waals surface area contributed by atoms with Gasteiger partial charge >= 0.3 is 0 Å². The predicted molar refractivity (Wildman–Crippen MR) is 38.2 cm³/mol. The number of rotatable bonds is 0. The fraction of sp³-hybridized carbons (Fsp3) is 0. The summed E-state index contributed by atoms with van der Waals surface area (Å²) in [6, 6.07) is 0. The van der Waals surface area contributed by atoms with E-state index in [1.807, 2.05) is 0 Å². The van der Waals surface area contributed by atoms with E-state index in [9.17, 15) is 0 Å². The minimum absolute atomic E-state index is 0. The van der Waals surface area contributed by atoms with Crippen LogP contribution in [0.25, 0.3) is 0 Å². The topological polar surface area (TPSA) is 52.0 Å². The van der Waals surface area contributed by atoms with Crippen molar-refractivity contribution < 1.29 is 0 Å². The van der Waals surface area contributed by atoms with Crippen LogP contribution in [0.4, 0.5) is 0 Å². The van der Waals surface area contributed by atoms with Crippen molar-refractivity contribution in [2.24, 2.45) is 11.5 Å². The first kappa shape index (κ1) is 16.0. The smallest absolute Gasteiger partial charge is 0.187 e. The van der Waals surface area contributed by atoms with Crippen molar-refractivity contribution in [1.82, 2.24) is 0 Å². The van der Waals surface area contributed by atoms with Gasteiger partial charge in [-0.15, -0.1) is 12.4 Å². The third-order valence-corrected chi connectivity index (χ3v) is 0. The Balaban J connectivity index is -0.0000000450. The number of nitrogens with two attached hydrogens (primary N) is 2. The minimum atomic E-state index is 0. The van der Waals surface area contributed by atoms with E-state index in [1.54, 1.807) is 0 Å². The van der Waals surface area contributed by atoms with E-state index in [1.165, 1.54) is 0 Å². The summed E-state index contributed by atoms with van der Waals surface area (Å²) in [7, 11) is 0. The van der Waals surface area contributed by atoms with E-state index in [0.717, 1.165) is 0 Å². The Labute approximate surface area is 58.8 Å². The zero-order valence-electron chi connectivity index (χ0n) is 2.47. The molecule has 5 heteroatoms. The van der Waals surface area contributed by atoms with Crippen LogP contribution >= 0.6 is 24.6 Å². The fourth-order valence-electron chi connectivity index (χ4n) is 0. The van der Waals surface area contributed by atoms with Crippen LogP contribution < -0.4 is 11.5 Å². The molecule has 0 radical (unpaired) electrons. The summed E-state index contributed by atoms with van der Waals surface area (Å²) in [5, 5.41) is 0.000000000000000222. The van der Waals surface area contributed by atoms with Crippen molar-refractivity contribution in [2.45, 2.75) is 0 Å². The highest BCUT2D eigenvalue weighted by molar-refractivity contribution is 7.80. The third-order valence-electron chi connectivity index (χ3n) is 0. The van der Waals surface area contributed by atoms with E-state index in [-0.39, 0.29) is 34.9 Å². The van der Waals surface area contributed by atoms with Gasteiger partial charge in [0.25, 0.3) is 0 Å². The molecule has 0 bridgehead atoms. The van der Waals surface area contributed by atoms with Crippen molar-refractivity contribution in [2.75, 3.05) is 0 Å². The first-order valence-electron chi connectivity index (χ1n) is 0.781. The second-order valence-corrected chi connectivity index (χ2v) is 0.874. The molecule has 6 heavy (non-hydrogen) atoms. The first-order chi connectivity index (χ1) is 1.73. The monoisotopic (exact) mass is 142 g/mol. The van der Waals surface area contributed by atoms with E-state index < -0.39 is 0 Å². The molecule has 0 aliphatic heterocycles. The zero-order chi connectivity index (χ0) is 3.58. The van der Waals surface area contributed by atoms with E-state index >= 15 is 0 Å². The molecule has 0 saturated heterocycles. The second-order valence-electron chi connectivity index (χ2n) is 0.402. The summed E-state index contributed by atoms with van der Waals surface area (Å²) >= 11 is 4.09. The molecule has 0 amide bonds. The summed E-state index contributed by atoms with van der Waals surface area (Å²) in [5.74, 6) is 0. The molecule has 0 heterocycles. The van der Waals surface area contributed by atoms with Gasteiger partial charge in [-0.1, -0.05) is 0 Å². The maximum absolute atomic E-state index is 4.62. The highest BCUT2D eigenvalue weighted by Gasteiger charge is 1.53. The molecular formula is CH8AlClN2S. The Kier molecular flexibility index (Phi) is 24.3. The van der Waals surface area contributed by atoms with Crippen LogP contribution in [0.2, 0.25) is 0 Å². The molecule has 0 aliphatic carbocycles. The van der Waals surface area contributed by atoms with Crippen molar-refractivity contribution in [3.63, 3.8) is 0 Å². The van der Waals surface area contributed by atoms with Crippen LogP contribution in [-0.2, 0) is 0 Å². The van der Waals surface area contributed by atoms with Crippen LogP contribution in [0.1, 0.15) is 0 Å². The maximum Gasteiger partial charge on any atom is 0.187 e. The average molecular weight is 143 g/mol. The van der Waals surface area contributed by atoms with Gasteiger partial charge < -0.3 is 11.5 Å². The Bertz CT molecular complexity index is 36.5. The number of thiocarbonyl (C=S) groups is 1. The fourth-order valence-corrected chi connectivity index (χ4v) is 0. The van der Waals surface area contributed by atoms with Crippen molar-refractivity contribution >= 4 is 47.1 Å². The molecule has 0 aromatic rings. The van der Waals surface area contributed by atoms with Gasteiger partial charge in [0.05, 0.1) is 0 Å². The maximum atomic E-state index is 4.62. The van der Waals surface area contributed by atoms with E-state index in [0.29, 0.717) is 0 Å². The lowest BCUT2D eigenvalue weighted by Crippen LogP contribution is -2.18. The molecule has 0 spiro atoms.